The molecule has 2 aromatic heterocycles. The first-order valence-corrected chi connectivity index (χ1v) is 4.15. The van der Waals surface area contributed by atoms with Crippen LogP contribution in [-0.2, 0) is 7.05 Å². The standard InChI is InChI=1S/C8H7N3OS/c1-10-7(12)9-6-4-2-3-5-11(6)8(10)13/h2-5H,1H3. The van der Waals surface area contributed by atoms with E-state index in [2.05, 4.69) is 4.98 Å². The molecule has 13 heavy (non-hydrogen) atoms. The van der Waals surface area contributed by atoms with Gasteiger partial charge in [0, 0.05) is 13.2 Å². The Labute approximate surface area is 79.1 Å². The summed E-state index contributed by atoms with van der Waals surface area (Å²) in [5.74, 6) is 0. The molecular formula is C8H7N3OS. The van der Waals surface area contributed by atoms with Gasteiger partial charge in [0.25, 0.3) is 0 Å². The molecule has 0 N–H and O–H groups in total. The van der Waals surface area contributed by atoms with Gasteiger partial charge >= 0.3 is 5.69 Å². The van der Waals surface area contributed by atoms with Crippen molar-refractivity contribution in [3.8, 4) is 0 Å². The van der Waals surface area contributed by atoms with Crippen LogP contribution in [0.3, 0.4) is 0 Å². The van der Waals surface area contributed by atoms with Crippen LogP contribution in [0.1, 0.15) is 0 Å². The Kier molecular flexibility index (Phi) is 1.73. The number of rotatable bonds is 0. The molecule has 0 radical (unpaired) electrons. The van der Waals surface area contributed by atoms with Crippen LogP contribution in [0.15, 0.2) is 29.2 Å². The summed E-state index contributed by atoms with van der Waals surface area (Å²) < 4.78 is 3.48. The highest BCUT2D eigenvalue weighted by molar-refractivity contribution is 7.71. The van der Waals surface area contributed by atoms with Gasteiger partial charge in [-0.3, -0.25) is 8.97 Å². The molecule has 0 aliphatic rings. The van der Waals surface area contributed by atoms with Gasteiger partial charge in [0.2, 0.25) is 0 Å². The Morgan fingerprint density at radius 3 is 3.00 bits per heavy atom. The molecular weight excluding hydrogens is 186 g/mol. The zero-order valence-corrected chi connectivity index (χ0v) is 7.78. The van der Waals surface area contributed by atoms with Crippen molar-refractivity contribution >= 4 is 17.9 Å². The lowest BCUT2D eigenvalue weighted by Crippen LogP contribution is -2.23. The highest BCUT2D eigenvalue weighted by atomic mass is 32.1. The first-order valence-electron chi connectivity index (χ1n) is 3.74. The molecule has 0 saturated heterocycles. The van der Waals surface area contributed by atoms with Gasteiger partial charge in [0.15, 0.2) is 4.77 Å². The molecule has 0 fully saturated rings. The molecule has 66 valence electrons. The van der Waals surface area contributed by atoms with Crippen LogP contribution in [0.25, 0.3) is 5.65 Å². The van der Waals surface area contributed by atoms with E-state index < -0.39 is 0 Å². The first kappa shape index (κ1) is 8.12. The average Bonchev–Trinajstić information content (AvgIpc) is 2.15. The van der Waals surface area contributed by atoms with Crippen molar-refractivity contribution in [1.29, 1.82) is 0 Å². The Bertz CT molecular complexity index is 569. The van der Waals surface area contributed by atoms with Gasteiger partial charge in [-0.05, 0) is 24.4 Å². The van der Waals surface area contributed by atoms with Gasteiger partial charge in [0.05, 0.1) is 0 Å². The maximum absolute atomic E-state index is 11.2. The monoisotopic (exact) mass is 193 g/mol. The summed E-state index contributed by atoms with van der Waals surface area (Å²) in [5.41, 5.74) is 0.256. The summed E-state index contributed by atoms with van der Waals surface area (Å²) in [7, 11) is 1.61. The van der Waals surface area contributed by atoms with Gasteiger partial charge in [-0.15, -0.1) is 0 Å². The molecule has 0 atom stereocenters. The summed E-state index contributed by atoms with van der Waals surface area (Å²) in [6.07, 6.45) is 1.78. The second kappa shape index (κ2) is 2.77. The summed E-state index contributed by atoms with van der Waals surface area (Å²) in [6.45, 7) is 0. The summed E-state index contributed by atoms with van der Waals surface area (Å²) in [6, 6.07) is 5.41. The maximum atomic E-state index is 11.2. The van der Waals surface area contributed by atoms with E-state index in [1.54, 1.807) is 23.7 Å². The molecule has 4 nitrogen and oxygen atoms in total. The van der Waals surface area contributed by atoms with E-state index in [0.29, 0.717) is 10.4 Å². The Morgan fingerprint density at radius 2 is 2.23 bits per heavy atom. The van der Waals surface area contributed by atoms with Crippen molar-refractivity contribution in [1.82, 2.24) is 14.0 Å². The lowest BCUT2D eigenvalue weighted by atomic mass is 10.5. The number of hydrogen-bond acceptors (Lipinski definition) is 3. The minimum Gasteiger partial charge on any atom is -0.278 e. The van der Waals surface area contributed by atoms with Crippen LogP contribution in [0.5, 0.6) is 0 Å². The largest absolute Gasteiger partial charge is 0.351 e. The first-order chi connectivity index (χ1) is 6.20. The van der Waals surface area contributed by atoms with Crippen LogP contribution in [0.4, 0.5) is 0 Å². The SMILES string of the molecule is Cn1c(=O)nc2ccccn2c1=S. The van der Waals surface area contributed by atoms with Crippen molar-refractivity contribution in [2.24, 2.45) is 7.05 Å². The van der Waals surface area contributed by atoms with Gasteiger partial charge < -0.3 is 0 Å². The zero-order valence-electron chi connectivity index (χ0n) is 6.97. The van der Waals surface area contributed by atoms with Crippen LogP contribution in [0, 0.1) is 4.77 Å². The minimum absolute atomic E-state index is 0.323. The van der Waals surface area contributed by atoms with Crippen molar-refractivity contribution in [2.45, 2.75) is 0 Å². The van der Waals surface area contributed by atoms with E-state index in [0.717, 1.165) is 0 Å². The molecule has 0 aromatic carbocycles. The van der Waals surface area contributed by atoms with Gasteiger partial charge in [-0.1, -0.05) is 6.07 Å². The highest BCUT2D eigenvalue weighted by Crippen LogP contribution is 1.96. The lowest BCUT2D eigenvalue weighted by Gasteiger charge is -2.02. The lowest BCUT2D eigenvalue weighted by molar-refractivity contribution is 0.745. The number of nitrogens with zero attached hydrogens (tertiary/aromatic N) is 3. The number of fused-ring (bicyclic) bond motifs is 1. The van der Waals surface area contributed by atoms with E-state index in [-0.39, 0.29) is 5.69 Å². The number of aromatic nitrogens is 3. The second-order valence-electron chi connectivity index (χ2n) is 2.66. The van der Waals surface area contributed by atoms with Crippen molar-refractivity contribution in [2.75, 3.05) is 0 Å². The highest BCUT2D eigenvalue weighted by Gasteiger charge is 1.98. The predicted octanol–water partition coefficient (Wildman–Crippen LogP) is 0.762. The average molecular weight is 193 g/mol. The fraction of sp³-hybridized carbons (Fsp3) is 0.125. The number of hydrogen-bond donors (Lipinski definition) is 0. The Balaban J connectivity index is 3.12. The molecule has 0 bridgehead atoms. The number of pyridine rings is 1. The van der Waals surface area contributed by atoms with E-state index in [1.807, 2.05) is 12.1 Å². The fourth-order valence-electron chi connectivity index (χ4n) is 1.10. The molecule has 0 amide bonds. The van der Waals surface area contributed by atoms with Crippen LogP contribution in [0.2, 0.25) is 0 Å². The van der Waals surface area contributed by atoms with Crippen LogP contribution >= 0.6 is 12.2 Å². The molecule has 0 saturated carbocycles. The Hall–Kier alpha value is -1.49. The second-order valence-corrected chi connectivity index (χ2v) is 3.03. The van der Waals surface area contributed by atoms with Gasteiger partial charge in [0.1, 0.15) is 5.65 Å². The molecule has 0 aliphatic heterocycles. The maximum Gasteiger partial charge on any atom is 0.351 e. The van der Waals surface area contributed by atoms with Crippen LogP contribution in [-0.4, -0.2) is 14.0 Å². The molecule has 2 heterocycles. The molecule has 2 rings (SSSR count). The summed E-state index contributed by atoms with van der Waals surface area (Å²) >= 11 is 5.07. The van der Waals surface area contributed by atoms with Crippen molar-refractivity contribution in [3.05, 3.63) is 39.7 Å². The van der Waals surface area contributed by atoms with Crippen LogP contribution < -0.4 is 5.69 Å². The molecule has 5 heteroatoms. The summed E-state index contributed by atoms with van der Waals surface area (Å²) in [4.78, 5) is 15.1. The summed E-state index contributed by atoms with van der Waals surface area (Å²) in [5, 5.41) is 0. The predicted molar refractivity (Wildman–Crippen MR) is 51.3 cm³/mol. The van der Waals surface area contributed by atoms with E-state index in [9.17, 15) is 4.79 Å². The molecule has 0 aliphatic carbocycles. The smallest absolute Gasteiger partial charge is 0.278 e. The van der Waals surface area contributed by atoms with E-state index >= 15 is 0 Å². The molecule has 2 aromatic rings. The third-order valence-electron chi connectivity index (χ3n) is 1.83. The van der Waals surface area contributed by atoms with E-state index in [4.69, 9.17) is 12.2 Å². The topological polar surface area (TPSA) is 39.3 Å². The van der Waals surface area contributed by atoms with Crippen molar-refractivity contribution in [3.63, 3.8) is 0 Å². The van der Waals surface area contributed by atoms with Crippen molar-refractivity contribution < 1.29 is 0 Å². The third-order valence-corrected chi connectivity index (χ3v) is 2.30. The zero-order chi connectivity index (χ0) is 9.42. The quantitative estimate of drug-likeness (QED) is 0.580. The van der Waals surface area contributed by atoms with E-state index in [1.165, 1.54) is 4.57 Å². The fourth-order valence-corrected chi connectivity index (χ4v) is 1.34. The third kappa shape index (κ3) is 1.17. The normalized spacial score (nSPS) is 10.5. The molecule has 0 spiro atoms. The van der Waals surface area contributed by atoms with Gasteiger partial charge in [-0.25, -0.2) is 4.79 Å². The Morgan fingerprint density at radius 1 is 1.46 bits per heavy atom. The molecule has 0 unspecified atom stereocenters. The minimum atomic E-state index is -0.323. The van der Waals surface area contributed by atoms with Gasteiger partial charge in [-0.2, -0.15) is 4.98 Å².